The van der Waals surface area contributed by atoms with Crippen molar-refractivity contribution in [2.75, 3.05) is 6.54 Å². The number of carbonyl (C=O) groups is 1. The van der Waals surface area contributed by atoms with Gasteiger partial charge in [0.05, 0.1) is 0 Å². The van der Waals surface area contributed by atoms with Gasteiger partial charge in [0.25, 0.3) is 0 Å². The van der Waals surface area contributed by atoms with Gasteiger partial charge < -0.3 is 5.32 Å². The summed E-state index contributed by atoms with van der Waals surface area (Å²) in [7, 11) is -1.25. The predicted molar refractivity (Wildman–Crippen MR) is 93.8 cm³/mol. The van der Waals surface area contributed by atoms with E-state index in [1.54, 1.807) is 30.4 Å². The van der Waals surface area contributed by atoms with Crippen molar-refractivity contribution in [1.82, 2.24) is 5.32 Å². The van der Waals surface area contributed by atoms with E-state index in [1.165, 1.54) is 4.88 Å². The number of benzene rings is 1. The minimum absolute atomic E-state index is 0.163. The van der Waals surface area contributed by atoms with E-state index in [0.29, 0.717) is 17.3 Å². The van der Waals surface area contributed by atoms with Crippen LogP contribution in [0, 0.1) is 0 Å². The fraction of sp³-hybridized carbons (Fsp3) is 0.312. The number of rotatable bonds is 7. The van der Waals surface area contributed by atoms with E-state index in [-0.39, 0.29) is 5.91 Å². The molecule has 118 valence electrons. The van der Waals surface area contributed by atoms with Crippen molar-refractivity contribution < 1.29 is 9.00 Å². The molecule has 1 heterocycles. The lowest BCUT2D eigenvalue weighted by molar-refractivity contribution is -0.120. The third-order valence-corrected chi connectivity index (χ3v) is 6.05. The molecule has 1 aromatic carbocycles. The predicted octanol–water partition coefficient (Wildman–Crippen LogP) is 3.40. The van der Waals surface area contributed by atoms with E-state index < -0.39 is 16.0 Å². The standard InChI is InChI=1S/C16H18ClNO2S2/c1-12(16(19)18-9-8-15-3-2-10-21-15)22(20)11-13-4-6-14(17)7-5-13/h2-7,10,12H,8-9,11H2,1H3,(H,18,19)/t12-,22-/m1/s1. The lowest BCUT2D eigenvalue weighted by atomic mass is 10.2. The zero-order chi connectivity index (χ0) is 15.9. The summed E-state index contributed by atoms with van der Waals surface area (Å²) in [5.41, 5.74) is 0.918. The van der Waals surface area contributed by atoms with Crippen LogP contribution in [0.1, 0.15) is 17.4 Å². The molecule has 22 heavy (non-hydrogen) atoms. The molecule has 1 aromatic heterocycles. The van der Waals surface area contributed by atoms with Gasteiger partial charge in [-0.25, -0.2) is 0 Å². The van der Waals surface area contributed by atoms with Crippen molar-refractivity contribution in [3.8, 4) is 0 Å². The maximum atomic E-state index is 12.2. The number of amides is 1. The lowest BCUT2D eigenvalue weighted by Gasteiger charge is -2.12. The van der Waals surface area contributed by atoms with Gasteiger partial charge in [0.2, 0.25) is 5.91 Å². The van der Waals surface area contributed by atoms with E-state index >= 15 is 0 Å². The van der Waals surface area contributed by atoms with Gasteiger partial charge in [-0.2, -0.15) is 0 Å². The fourth-order valence-electron chi connectivity index (χ4n) is 1.90. The Morgan fingerprint density at radius 1 is 1.32 bits per heavy atom. The van der Waals surface area contributed by atoms with Crippen LogP contribution in [0.4, 0.5) is 0 Å². The Bertz CT molecular complexity index is 626. The van der Waals surface area contributed by atoms with E-state index in [2.05, 4.69) is 5.32 Å². The number of nitrogens with one attached hydrogen (secondary N) is 1. The summed E-state index contributed by atoms with van der Waals surface area (Å²) in [6.45, 7) is 2.27. The molecule has 0 aliphatic rings. The van der Waals surface area contributed by atoms with Crippen molar-refractivity contribution in [1.29, 1.82) is 0 Å². The van der Waals surface area contributed by atoms with Crippen LogP contribution in [0.15, 0.2) is 41.8 Å². The first-order chi connectivity index (χ1) is 10.6. The summed E-state index contributed by atoms with van der Waals surface area (Å²) in [5.74, 6) is 0.195. The Kier molecular flexibility index (Phi) is 6.61. The Morgan fingerprint density at radius 2 is 2.05 bits per heavy atom. The SMILES string of the molecule is C[C@H](C(=O)NCCc1cccs1)[S@](=O)Cc1ccc(Cl)cc1. The Balaban J connectivity index is 1.79. The molecule has 0 spiro atoms. The molecule has 6 heteroatoms. The molecule has 1 amide bonds. The summed E-state index contributed by atoms with van der Waals surface area (Å²) in [4.78, 5) is 13.3. The zero-order valence-corrected chi connectivity index (χ0v) is 14.6. The molecule has 0 aliphatic heterocycles. The number of thiophene rings is 1. The second-order valence-corrected chi connectivity index (χ2v) is 8.14. The molecule has 1 N–H and O–H groups in total. The molecule has 3 nitrogen and oxygen atoms in total. The molecular formula is C16H18ClNO2S2. The van der Waals surface area contributed by atoms with Crippen molar-refractivity contribution >= 4 is 39.6 Å². The maximum absolute atomic E-state index is 12.2. The van der Waals surface area contributed by atoms with Crippen LogP contribution < -0.4 is 5.32 Å². The van der Waals surface area contributed by atoms with Crippen LogP contribution in [-0.4, -0.2) is 21.9 Å². The van der Waals surface area contributed by atoms with Gasteiger partial charge in [0, 0.05) is 33.0 Å². The van der Waals surface area contributed by atoms with Gasteiger partial charge in [0.1, 0.15) is 5.25 Å². The van der Waals surface area contributed by atoms with Crippen molar-refractivity contribution in [3.05, 3.63) is 57.2 Å². The third-order valence-electron chi connectivity index (χ3n) is 3.24. The number of halogens is 1. The first-order valence-electron chi connectivity index (χ1n) is 6.98. The molecule has 0 saturated carbocycles. The average Bonchev–Trinajstić information content (AvgIpc) is 3.02. The molecule has 0 radical (unpaired) electrons. The van der Waals surface area contributed by atoms with Crippen LogP contribution in [0.25, 0.3) is 0 Å². The smallest absolute Gasteiger partial charge is 0.235 e. The molecule has 0 saturated heterocycles. The highest BCUT2D eigenvalue weighted by atomic mass is 35.5. The van der Waals surface area contributed by atoms with Crippen molar-refractivity contribution in [3.63, 3.8) is 0 Å². The van der Waals surface area contributed by atoms with Crippen LogP contribution in [0.3, 0.4) is 0 Å². The Morgan fingerprint density at radius 3 is 2.68 bits per heavy atom. The van der Waals surface area contributed by atoms with E-state index in [9.17, 15) is 9.00 Å². The quantitative estimate of drug-likeness (QED) is 0.827. The molecule has 2 rings (SSSR count). The molecule has 0 bridgehead atoms. The second-order valence-electron chi connectivity index (χ2n) is 4.91. The largest absolute Gasteiger partial charge is 0.355 e. The molecule has 0 fully saturated rings. The van der Waals surface area contributed by atoms with Gasteiger partial charge >= 0.3 is 0 Å². The van der Waals surface area contributed by atoms with Crippen LogP contribution >= 0.6 is 22.9 Å². The maximum Gasteiger partial charge on any atom is 0.235 e. The van der Waals surface area contributed by atoms with Crippen LogP contribution in [0.5, 0.6) is 0 Å². The normalized spacial score (nSPS) is 13.5. The Hall–Kier alpha value is -1.17. The summed E-state index contributed by atoms with van der Waals surface area (Å²) in [5, 5.41) is 4.98. The molecule has 0 aliphatic carbocycles. The highest BCUT2D eigenvalue weighted by molar-refractivity contribution is 7.85. The first kappa shape index (κ1) is 17.2. The van der Waals surface area contributed by atoms with Crippen LogP contribution in [0.2, 0.25) is 5.02 Å². The van der Waals surface area contributed by atoms with E-state index in [1.807, 2.05) is 29.6 Å². The second kappa shape index (κ2) is 8.46. The highest BCUT2D eigenvalue weighted by Crippen LogP contribution is 2.13. The van der Waals surface area contributed by atoms with Crippen LogP contribution in [-0.2, 0) is 27.8 Å². The summed E-state index contributed by atoms with van der Waals surface area (Å²) in [6.07, 6.45) is 0.806. The minimum Gasteiger partial charge on any atom is -0.355 e. The molecule has 0 unspecified atom stereocenters. The van der Waals surface area contributed by atoms with E-state index in [4.69, 9.17) is 11.6 Å². The van der Waals surface area contributed by atoms with Gasteiger partial charge in [-0.15, -0.1) is 11.3 Å². The third kappa shape index (κ3) is 5.23. The number of hydrogen-bond acceptors (Lipinski definition) is 3. The molecule has 2 aromatic rings. The summed E-state index contributed by atoms with van der Waals surface area (Å²) in [6, 6.07) is 11.2. The fourth-order valence-corrected chi connectivity index (χ4v) is 3.82. The zero-order valence-electron chi connectivity index (χ0n) is 12.3. The highest BCUT2D eigenvalue weighted by Gasteiger charge is 2.19. The summed E-state index contributed by atoms with van der Waals surface area (Å²) >= 11 is 7.49. The van der Waals surface area contributed by atoms with Crippen molar-refractivity contribution in [2.45, 2.75) is 24.3 Å². The van der Waals surface area contributed by atoms with Gasteiger partial charge in [-0.05, 0) is 42.5 Å². The minimum atomic E-state index is -1.25. The van der Waals surface area contributed by atoms with Crippen molar-refractivity contribution in [2.24, 2.45) is 0 Å². The van der Waals surface area contributed by atoms with Gasteiger partial charge in [0.15, 0.2) is 0 Å². The van der Waals surface area contributed by atoms with E-state index in [0.717, 1.165) is 12.0 Å². The number of hydrogen-bond donors (Lipinski definition) is 1. The molecule has 2 atom stereocenters. The summed E-state index contributed by atoms with van der Waals surface area (Å²) < 4.78 is 12.2. The van der Waals surface area contributed by atoms with Gasteiger partial charge in [-0.3, -0.25) is 9.00 Å². The lowest BCUT2D eigenvalue weighted by Crippen LogP contribution is -2.36. The molecular weight excluding hydrogens is 338 g/mol. The van der Waals surface area contributed by atoms with Gasteiger partial charge in [-0.1, -0.05) is 29.8 Å². The monoisotopic (exact) mass is 355 g/mol. The topological polar surface area (TPSA) is 46.2 Å². The number of carbonyl (C=O) groups excluding carboxylic acids is 1. The Labute approximate surface area is 142 Å². The first-order valence-corrected chi connectivity index (χ1v) is 9.62. The average molecular weight is 356 g/mol.